The van der Waals surface area contributed by atoms with E-state index >= 15 is 0 Å². The number of ether oxygens (including phenoxy) is 4. The van der Waals surface area contributed by atoms with Crippen molar-refractivity contribution in [1.82, 2.24) is 0 Å². The summed E-state index contributed by atoms with van der Waals surface area (Å²) in [6.45, 7) is 11.3. The second kappa shape index (κ2) is 8.50. The van der Waals surface area contributed by atoms with Crippen molar-refractivity contribution in [2.45, 2.75) is 59.0 Å². The monoisotopic (exact) mass is 457 g/mol. The minimum absolute atomic E-state index is 0.282. The number of aryl methyl sites for hydroxylation is 1. The van der Waals surface area contributed by atoms with Gasteiger partial charge in [-0.1, -0.05) is 19.9 Å². The molecule has 0 fully saturated rings. The van der Waals surface area contributed by atoms with Crippen LogP contribution in [0.4, 0.5) is 10.5 Å². The van der Waals surface area contributed by atoms with Crippen molar-refractivity contribution < 1.29 is 33.6 Å². The summed E-state index contributed by atoms with van der Waals surface area (Å²) >= 11 is 0. The van der Waals surface area contributed by atoms with Gasteiger partial charge in [0.1, 0.15) is 28.5 Å². The maximum absolute atomic E-state index is 12.6. The van der Waals surface area contributed by atoms with E-state index in [1.807, 2.05) is 32.9 Å². The Morgan fingerprint density at radius 2 is 1.73 bits per heavy atom. The molecule has 0 bridgehead atoms. The van der Waals surface area contributed by atoms with E-state index in [1.54, 1.807) is 26.8 Å². The van der Waals surface area contributed by atoms with Gasteiger partial charge in [-0.25, -0.2) is 4.79 Å². The predicted octanol–water partition coefficient (Wildman–Crippen LogP) is 5.42. The van der Waals surface area contributed by atoms with Crippen molar-refractivity contribution in [2.75, 3.05) is 19.5 Å². The lowest BCUT2D eigenvalue weighted by Gasteiger charge is -2.38. The van der Waals surface area contributed by atoms with E-state index in [1.165, 1.54) is 14.2 Å². The van der Waals surface area contributed by atoms with Crippen LogP contribution in [0.5, 0.6) is 23.0 Å². The highest BCUT2D eigenvalue weighted by Gasteiger charge is 2.40. The van der Waals surface area contributed by atoms with Gasteiger partial charge in [0.2, 0.25) is 0 Å². The highest BCUT2D eigenvalue weighted by Crippen LogP contribution is 2.56. The van der Waals surface area contributed by atoms with E-state index in [4.69, 9.17) is 18.9 Å². The van der Waals surface area contributed by atoms with Gasteiger partial charge in [-0.15, -0.1) is 0 Å². The normalized spacial score (nSPS) is 13.8. The molecule has 1 aliphatic rings. The van der Waals surface area contributed by atoms with E-state index < -0.39 is 23.1 Å². The standard InChI is InChI=1S/C25H31NO7/c1-13-11-17(31-8)14(12-18(27)28)21-19(13)25(5,6)15-9-10-16(30-7)20(22(15)32-21)26-23(29)33-24(2,3)4/h9-11H,12H2,1-8H3,(H,26,29)(H,27,28). The number of carboxylic acid groups (broad SMARTS) is 1. The zero-order valence-corrected chi connectivity index (χ0v) is 20.3. The Morgan fingerprint density at radius 1 is 1.09 bits per heavy atom. The number of carboxylic acids is 1. The molecule has 0 aliphatic carbocycles. The molecule has 33 heavy (non-hydrogen) atoms. The van der Waals surface area contributed by atoms with Crippen LogP contribution in [0, 0.1) is 6.92 Å². The van der Waals surface area contributed by atoms with Gasteiger partial charge in [-0.05, 0) is 45.4 Å². The molecule has 2 aromatic rings. The highest BCUT2D eigenvalue weighted by molar-refractivity contribution is 5.91. The molecule has 0 atom stereocenters. The lowest BCUT2D eigenvalue weighted by Crippen LogP contribution is -2.30. The summed E-state index contributed by atoms with van der Waals surface area (Å²) in [5.74, 6) is 0.587. The van der Waals surface area contributed by atoms with Crippen molar-refractivity contribution in [3.8, 4) is 23.0 Å². The van der Waals surface area contributed by atoms with E-state index in [2.05, 4.69) is 5.32 Å². The van der Waals surface area contributed by atoms with E-state index in [9.17, 15) is 14.7 Å². The van der Waals surface area contributed by atoms with E-state index in [-0.39, 0.29) is 6.42 Å². The third-order valence-corrected chi connectivity index (χ3v) is 5.56. The maximum atomic E-state index is 12.6. The first kappa shape index (κ1) is 24.2. The number of carbonyl (C=O) groups is 2. The zero-order valence-electron chi connectivity index (χ0n) is 20.3. The summed E-state index contributed by atoms with van der Waals surface area (Å²) in [7, 11) is 2.99. The molecule has 1 heterocycles. The molecule has 1 aliphatic heterocycles. The number of benzene rings is 2. The number of carbonyl (C=O) groups excluding carboxylic acids is 1. The fourth-order valence-corrected chi connectivity index (χ4v) is 4.28. The minimum atomic E-state index is -1.01. The number of hydrogen-bond acceptors (Lipinski definition) is 6. The number of amides is 1. The molecule has 178 valence electrons. The van der Waals surface area contributed by atoms with Gasteiger partial charge in [0, 0.05) is 22.1 Å². The lowest BCUT2D eigenvalue weighted by molar-refractivity contribution is -0.136. The first-order valence-electron chi connectivity index (χ1n) is 10.6. The summed E-state index contributed by atoms with van der Waals surface area (Å²) in [4.78, 5) is 24.3. The van der Waals surface area contributed by atoms with Crippen LogP contribution in [0.2, 0.25) is 0 Å². The van der Waals surface area contributed by atoms with Gasteiger partial charge in [0.05, 0.1) is 20.6 Å². The molecule has 0 radical (unpaired) electrons. The van der Waals surface area contributed by atoms with Crippen LogP contribution in [-0.2, 0) is 21.4 Å². The number of anilines is 1. The fraction of sp³-hybridized carbons (Fsp3) is 0.440. The molecule has 2 aromatic carbocycles. The van der Waals surface area contributed by atoms with Crippen LogP contribution in [0.15, 0.2) is 18.2 Å². The zero-order chi connectivity index (χ0) is 24.7. The average Bonchev–Trinajstić information content (AvgIpc) is 2.68. The molecule has 8 nitrogen and oxygen atoms in total. The number of aliphatic carboxylic acids is 1. The molecule has 0 unspecified atom stereocenters. The number of methoxy groups -OCH3 is 2. The first-order valence-corrected chi connectivity index (χ1v) is 10.6. The summed E-state index contributed by atoms with van der Waals surface area (Å²) in [6.07, 6.45) is -0.940. The smallest absolute Gasteiger partial charge is 0.412 e. The Labute approximate surface area is 193 Å². The second-order valence-electron chi connectivity index (χ2n) is 9.52. The number of rotatable bonds is 5. The molecule has 0 aromatic heterocycles. The van der Waals surface area contributed by atoms with Crippen molar-refractivity contribution in [2.24, 2.45) is 0 Å². The number of fused-ring (bicyclic) bond motifs is 2. The van der Waals surface area contributed by atoms with Crippen molar-refractivity contribution >= 4 is 17.7 Å². The van der Waals surface area contributed by atoms with E-state index in [0.717, 1.165) is 16.7 Å². The van der Waals surface area contributed by atoms with Gasteiger partial charge >= 0.3 is 12.1 Å². The van der Waals surface area contributed by atoms with Crippen LogP contribution in [0.3, 0.4) is 0 Å². The summed E-state index contributed by atoms with van der Waals surface area (Å²) in [6, 6.07) is 5.48. The van der Waals surface area contributed by atoms with Gasteiger partial charge in [-0.2, -0.15) is 0 Å². The quantitative estimate of drug-likeness (QED) is 0.618. The first-order chi connectivity index (χ1) is 15.3. The van der Waals surface area contributed by atoms with Gasteiger partial charge in [-0.3, -0.25) is 10.1 Å². The van der Waals surface area contributed by atoms with Crippen molar-refractivity contribution in [3.05, 3.63) is 40.5 Å². The van der Waals surface area contributed by atoms with Gasteiger partial charge < -0.3 is 24.1 Å². The minimum Gasteiger partial charge on any atom is -0.496 e. The molecule has 0 saturated carbocycles. The van der Waals surface area contributed by atoms with Crippen LogP contribution < -0.4 is 19.5 Å². The summed E-state index contributed by atoms with van der Waals surface area (Å²) in [5.41, 5.74) is 2.06. The molecular weight excluding hydrogens is 426 g/mol. The highest BCUT2D eigenvalue weighted by atomic mass is 16.6. The Bertz CT molecular complexity index is 1110. The average molecular weight is 458 g/mol. The van der Waals surface area contributed by atoms with Crippen LogP contribution in [0.1, 0.15) is 56.9 Å². The molecule has 0 spiro atoms. The predicted molar refractivity (Wildman–Crippen MR) is 124 cm³/mol. The molecular formula is C25H31NO7. The topological polar surface area (TPSA) is 103 Å². The largest absolute Gasteiger partial charge is 0.496 e. The van der Waals surface area contributed by atoms with Crippen molar-refractivity contribution in [1.29, 1.82) is 0 Å². The number of nitrogens with one attached hydrogen (secondary N) is 1. The SMILES string of the molecule is COc1cc(C)c2c(c1CC(=O)O)Oc1c(ccc(OC)c1NC(=O)OC(C)(C)C)C2(C)C. The third kappa shape index (κ3) is 4.55. The maximum Gasteiger partial charge on any atom is 0.412 e. The third-order valence-electron chi connectivity index (χ3n) is 5.56. The summed E-state index contributed by atoms with van der Waals surface area (Å²) in [5, 5.41) is 12.3. The lowest BCUT2D eigenvalue weighted by atomic mass is 9.72. The molecule has 3 rings (SSSR count). The Balaban J connectivity index is 2.25. The van der Waals surface area contributed by atoms with Gasteiger partial charge in [0.25, 0.3) is 0 Å². The van der Waals surface area contributed by atoms with Crippen molar-refractivity contribution in [3.63, 3.8) is 0 Å². The Morgan fingerprint density at radius 3 is 2.27 bits per heavy atom. The summed E-state index contributed by atoms with van der Waals surface area (Å²) < 4.78 is 22.8. The Kier molecular flexibility index (Phi) is 6.24. The van der Waals surface area contributed by atoms with Crippen LogP contribution in [-0.4, -0.2) is 37.0 Å². The second-order valence-corrected chi connectivity index (χ2v) is 9.52. The van der Waals surface area contributed by atoms with Crippen LogP contribution >= 0.6 is 0 Å². The molecule has 0 saturated heterocycles. The van der Waals surface area contributed by atoms with Gasteiger partial charge in [0.15, 0.2) is 5.75 Å². The molecule has 8 heteroatoms. The van der Waals surface area contributed by atoms with Crippen LogP contribution in [0.25, 0.3) is 0 Å². The fourth-order valence-electron chi connectivity index (χ4n) is 4.28. The molecule has 1 amide bonds. The number of hydrogen-bond donors (Lipinski definition) is 2. The van der Waals surface area contributed by atoms with E-state index in [0.29, 0.717) is 34.2 Å². The Hall–Kier alpha value is -3.42. The molecule has 2 N–H and O–H groups in total.